The van der Waals surface area contributed by atoms with E-state index in [-0.39, 0.29) is 12.1 Å². The lowest BCUT2D eigenvalue weighted by atomic mass is 9.96. The van der Waals surface area contributed by atoms with Crippen LogP contribution in [0.4, 0.5) is 0 Å². The van der Waals surface area contributed by atoms with Crippen molar-refractivity contribution in [3.05, 3.63) is 82.9 Å². The molecule has 5 nitrogen and oxygen atoms in total. The van der Waals surface area contributed by atoms with Gasteiger partial charge in [0.05, 0.1) is 17.8 Å². The molecule has 0 radical (unpaired) electrons. The first-order chi connectivity index (χ1) is 15.4. The van der Waals surface area contributed by atoms with Crippen LogP contribution in [0.3, 0.4) is 0 Å². The van der Waals surface area contributed by atoms with Crippen molar-refractivity contribution in [1.82, 2.24) is 24.7 Å². The molecule has 0 saturated carbocycles. The minimum atomic E-state index is 0.0221. The van der Waals surface area contributed by atoms with Crippen molar-refractivity contribution in [3.8, 4) is 5.69 Å². The van der Waals surface area contributed by atoms with Crippen LogP contribution in [0.2, 0.25) is 0 Å². The van der Waals surface area contributed by atoms with Crippen LogP contribution in [0.25, 0.3) is 5.69 Å². The minimum absolute atomic E-state index is 0.0221. The SMILES string of the molecule is Cc1ccccc1-n1c(C)cc(C2C(c3ccccn3)NC(=S)N2CCCN(C)C)c1C. The number of rotatable bonds is 7. The molecule has 3 heterocycles. The molecule has 0 aliphatic carbocycles. The number of hydrogen-bond donors (Lipinski definition) is 1. The van der Waals surface area contributed by atoms with Crippen LogP contribution in [0, 0.1) is 20.8 Å². The van der Waals surface area contributed by atoms with E-state index >= 15 is 0 Å². The number of para-hydroxylation sites is 1. The van der Waals surface area contributed by atoms with E-state index in [0.717, 1.165) is 30.3 Å². The Morgan fingerprint density at radius 2 is 1.81 bits per heavy atom. The number of hydrogen-bond acceptors (Lipinski definition) is 3. The number of pyridine rings is 1. The van der Waals surface area contributed by atoms with Crippen molar-refractivity contribution in [3.63, 3.8) is 0 Å². The van der Waals surface area contributed by atoms with E-state index in [1.54, 1.807) is 0 Å². The number of nitrogens with zero attached hydrogens (tertiary/aromatic N) is 4. The van der Waals surface area contributed by atoms with Gasteiger partial charge in [0.25, 0.3) is 0 Å². The topological polar surface area (TPSA) is 36.3 Å². The predicted octanol–water partition coefficient (Wildman–Crippen LogP) is 4.72. The largest absolute Gasteiger partial charge is 0.352 e. The molecule has 3 aromatic rings. The molecule has 0 spiro atoms. The zero-order valence-corrected chi connectivity index (χ0v) is 20.5. The highest BCUT2D eigenvalue weighted by Crippen LogP contribution is 2.41. The van der Waals surface area contributed by atoms with Gasteiger partial charge < -0.3 is 19.7 Å². The molecule has 168 valence electrons. The maximum absolute atomic E-state index is 5.84. The van der Waals surface area contributed by atoms with E-state index in [1.165, 1.54) is 28.2 Å². The molecular weight excluding hydrogens is 414 g/mol. The lowest BCUT2D eigenvalue weighted by Gasteiger charge is -2.28. The van der Waals surface area contributed by atoms with Gasteiger partial charge in [-0.3, -0.25) is 4.98 Å². The average molecular weight is 448 g/mol. The first-order valence-corrected chi connectivity index (χ1v) is 11.7. The smallest absolute Gasteiger partial charge is 0.170 e. The maximum atomic E-state index is 5.84. The Kier molecular flexibility index (Phi) is 6.63. The third kappa shape index (κ3) is 4.30. The highest BCUT2D eigenvalue weighted by atomic mass is 32.1. The molecule has 6 heteroatoms. The van der Waals surface area contributed by atoms with Crippen molar-refractivity contribution in [2.45, 2.75) is 39.3 Å². The number of benzene rings is 1. The molecule has 0 bridgehead atoms. The van der Waals surface area contributed by atoms with Gasteiger partial charge in [0.2, 0.25) is 0 Å². The Hall–Kier alpha value is -2.70. The third-order valence-corrected chi connectivity index (χ3v) is 6.70. The van der Waals surface area contributed by atoms with E-state index < -0.39 is 0 Å². The van der Waals surface area contributed by atoms with Gasteiger partial charge in [-0.15, -0.1) is 0 Å². The quantitative estimate of drug-likeness (QED) is 0.530. The van der Waals surface area contributed by atoms with Gasteiger partial charge in [0.1, 0.15) is 0 Å². The van der Waals surface area contributed by atoms with E-state index in [0.29, 0.717) is 0 Å². The van der Waals surface area contributed by atoms with Gasteiger partial charge in [-0.1, -0.05) is 24.3 Å². The zero-order chi connectivity index (χ0) is 22.8. The number of thiocarbonyl (C=S) groups is 1. The summed E-state index contributed by atoms with van der Waals surface area (Å²) in [4.78, 5) is 9.27. The summed E-state index contributed by atoms with van der Waals surface area (Å²) in [6.45, 7) is 8.53. The van der Waals surface area contributed by atoms with Crippen LogP contribution in [0.1, 0.15) is 46.7 Å². The molecule has 1 aromatic carbocycles. The van der Waals surface area contributed by atoms with Crippen LogP contribution < -0.4 is 5.32 Å². The number of nitrogens with one attached hydrogen (secondary N) is 1. The van der Waals surface area contributed by atoms with Crippen LogP contribution in [-0.2, 0) is 0 Å². The van der Waals surface area contributed by atoms with Crippen LogP contribution in [0.5, 0.6) is 0 Å². The van der Waals surface area contributed by atoms with Gasteiger partial charge in [-0.25, -0.2) is 0 Å². The van der Waals surface area contributed by atoms with Crippen molar-refractivity contribution >= 4 is 17.3 Å². The summed E-state index contributed by atoms with van der Waals surface area (Å²) in [7, 11) is 4.23. The average Bonchev–Trinajstić information content (AvgIpc) is 3.24. The molecule has 1 aliphatic heterocycles. The zero-order valence-electron chi connectivity index (χ0n) is 19.7. The fraction of sp³-hybridized carbons (Fsp3) is 0.385. The Bertz CT molecular complexity index is 1090. The summed E-state index contributed by atoms with van der Waals surface area (Å²) in [6.07, 6.45) is 2.92. The molecule has 2 atom stereocenters. The first-order valence-electron chi connectivity index (χ1n) is 11.3. The Morgan fingerprint density at radius 3 is 2.50 bits per heavy atom. The fourth-order valence-corrected chi connectivity index (χ4v) is 5.15. The second kappa shape index (κ2) is 9.43. The molecule has 1 saturated heterocycles. The summed E-state index contributed by atoms with van der Waals surface area (Å²) in [5.41, 5.74) is 7.32. The summed E-state index contributed by atoms with van der Waals surface area (Å²) in [5, 5.41) is 4.40. The maximum Gasteiger partial charge on any atom is 0.170 e. The molecule has 32 heavy (non-hydrogen) atoms. The molecule has 2 aromatic heterocycles. The lowest BCUT2D eigenvalue weighted by molar-refractivity contribution is 0.292. The van der Waals surface area contributed by atoms with Gasteiger partial charge in [-0.05, 0) is 95.4 Å². The highest BCUT2D eigenvalue weighted by Gasteiger charge is 2.41. The molecule has 4 rings (SSSR count). The molecule has 1 fully saturated rings. The lowest BCUT2D eigenvalue weighted by Crippen LogP contribution is -2.32. The van der Waals surface area contributed by atoms with Gasteiger partial charge in [-0.2, -0.15) is 0 Å². The Balaban J connectivity index is 1.78. The molecule has 1 aliphatic rings. The number of aromatic nitrogens is 2. The van der Waals surface area contributed by atoms with Crippen molar-refractivity contribution < 1.29 is 0 Å². The van der Waals surface area contributed by atoms with Crippen molar-refractivity contribution in [2.24, 2.45) is 0 Å². The van der Waals surface area contributed by atoms with E-state index in [1.807, 2.05) is 12.3 Å². The molecule has 2 unspecified atom stereocenters. The highest BCUT2D eigenvalue weighted by molar-refractivity contribution is 7.80. The Labute approximate surface area is 197 Å². The van der Waals surface area contributed by atoms with Crippen molar-refractivity contribution in [2.75, 3.05) is 27.2 Å². The van der Waals surface area contributed by atoms with E-state index in [9.17, 15) is 0 Å². The van der Waals surface area contributed by atoms with Crippen LogP contribution >= 0.6 is 12.2 Å². The monoisotopic (exact) mass is 447 g/mol. The summed E-state index contributed by atoms with van der Waals surface area (Å²) < 4.78 is 2.37. The first kappa shape index (κ1) is 22.5. The van der Waals surface area contributed by atoms with E-state index in [2.05, 4.69) is 102 Å². The normalized spacial score (nSPS) is 18.4. The van der Waals surface area contributed by atoms with E-state index in [4.69, 9.17) is 12.2 Å². The second-order valence-corrected chi connectivity index (χ2v) is 9.31. The fourth-order valence-electron chi connectivity index (χ4n) is 4.81. The Morgan fingerprint density at radius 1 is 1.06 bits per heavy atom. The molecule has 0 amide bonds. The standard InChI is InChI=1S/C26H33N5S/c1-18-11-6-7-13-23(18)31-19(2)17-21(20(31)3)25-24(22-12-8-9-14-27-22)28-26(32)30(25)16-10-15-29(4)5/h6-9,11-14,17,24-25H,10,15-16H2,1-5H3,(H,28,32). The van der Waals surface area contributed by atoms with Gasteiger partial charge in [0, 0.05) is 29.8 Å². The summed E-state index contributed by atoms with van der Waals surface area (Å²) in [6, 6.07) is 17.1. The van der Waals surface area contributed by atoms with Crippen molar-refractivity contribution in [1.29, 1.82) is 0 Å². The minimum Gasteiger partial charge on any atom is -0.352 e. The summed E-state index contributed by atoms with van der Waals surface area (Å²) in [5.74, 6) is 0. The predicted molar refractivity (Wildman–Crippen MR) is 135 cm³/mol. The number of aryl methyl sites for hydroxylation is 2. The second-order valence-electron chi connectivity index (χ2n) is 8.93. The van der Waals surface area contributed by atoms with Crippen LogP contribution in [0.15, 0.2) is 54.7 Å². The third-order valence-electron chi connectivity index (χ3n) is 6.35. The molecule has 1 N–H and O–H groups in total. The van der Waals surface area contributed by atoms with Crippen LogP contribution in [-0.4, -0.2) is 51.6 Å². The molecular formula is C26H33N5S. The van der Waals surface area contributed by atoms with Gasteiger partial charge in [0.15, 0.2) is 5.11 Å². The van der Waals surface area contributed by atoms with Gasteiger partial charge >= 0.3 is 0 Å². The summed E-state index contributed by atoms with van der Waals surface area (Å²) >= 11 is 5.84.